The van der Waals surface area contributed by atoms with Crippen molar-refractivity contribution in [2.75, 3.05) is 5.73 Å². The van der Waals surface area contributed by atoms with Crippen molar-refractivity contribution in [3.8, 4) is 5.75 Å². The number of nitrogens with zero attached hydrogens (tertiary/aromatic N) is 2. The number of hydrogen-bond donors (Lipinski definition) is 1. The summed E-state index contributed by atoms with van der Waals surface area (Å²) in [5, 5.41) is 4.65. The Morgan fingerprint density at radius 1 is 1.42 bits per heavy atom. The van der Waals surface area contributed by atoms with Crippen molar-refractivity contribution in [3.63, 3.8) is 0 Å². The summed E-state index contributed by atoms with van der Waals surface area (Å²) in [6, 6.07) is 6.29. The van der Waals surface area contributed by atoms with Crippen molar-refractivity contribution in [1.82, 2.24) is 9.78 Å². The van der Waals surface area contributed by atoms with Gasteiger partial charge in [-0.2, -0.15) is 9.78 Å². The molecule has 0 aliphatic carbocycles. The molecule has 19 heavy (non-hydrogen) atoms. The summed E-state index contributed by atoms with van der Waals surface area (Å²) >= 11 is 11.7. The van der Waals surface area contributed by atoms with Gasteiger partial charge in [-0.1, -0.05) is 23.2 Å². The molecule has 0 saturated heterocycles. The number of benzene rings is 1. The summed E-state index contributed by atoms with van der Waals surface area (Å²) in [6.45, 7) is 1.59. The van der Waals surface area contributed by atoms with Gasteiger partial charge in [-0.25, -0.2) is 0 Å². The van der Waals surface area contributed by atoms with Crippen molar-refractivity contribution in [1.29, 1.82) is 0 Å². The molecule has 0 spiro atoms. The van der Waals surface area contributed by atoms with E-state index < -0.39 is 6.10 Å². The molecule has 0 bridgehead atoms. The number of rotatable bonds is 3. The predicted octanol–water partition coefficient (Wildman–Crippen LogP) is 2.88. The highest BCUT2D eigenvalue weighted by Crippen LogP contribution is 2.28. The van der Waals surface area contributed by atoms with Gasteiger partial charge in [0.1, 0.15) is 11.6 Å². The Morgan fingerprint density at radius 2 is 2.16 bits per heavy atom. The third-order valence-corrected chi connectivity index (χ3v) is 2.96. The van der Waals surface area contributed by atoms with Gasteiger partial charge in [-0.05, 0) is 25.1 Å². The number of anilines is 1. The molecule has 100 valence electrons. The van der Waals surface area contributed by atoms with Gasteiger partial charge in [-0.3, -0.25) is 4.79 Å². The second kappa shape index (κ2) is 5.50. The largest absolute Gasteiger partial charge is 0.479 e. The van der Waals surface area contributed by atoms with Crippen LogP contribution in [0.25, 0.3) is 0 Å². The lowest BCUT2D eigenvalue weighted by Crippen LogP contribution is -2.30. The molecule has 5 nitrogen and oxygen atoms in total. The van der Waals surface area contributed by atoms with Crippen LogP contribution < -0.4 is 10.5 Å². The summed E-state index contributed by atoms with van der Waals surface area (Å²) < 4.78 is 6.56. The topological polar surface area (TPSA) is 70.1 Å². The van der Waals surface area contributed by atoms with Crippen molar-refractivity contribution in [2.24, 2.45) is 0 Å². The van der Waals surface area contributed by atoms with Crippen LogP contribution in [0.3, 0.4) is 0 Å². The maximum absolute atomic E-state index is 12.0. The summed E-state index contributed by atoms with van der Waals surface area (Å²) in [4.78, 5) is 12.0. The second-order valence-electron chi connectivity index (χ2n) is 3.84. The second-order valence-corrected chi connectivity index (χ2v) is 4.68. The van der Waals surface area contributed by atoms with Crippen LogP contribution in [0, 0.1) is 0 Å². The molecular weight excluding hydrogens is 289 g/mol. The highest BCUT2D eigenvalue weighted by atomic mass is 35.5. The highest BCUT2D eigenvalue weighted by molar-refractivity contribution is 6.35. The fraction of sp³-hybridized carbons (Fsp3) is 0.167. The number of aromatic nitrogens is 2. The van der Waals surface area contributed by atoms with Gasteiger partial charge in [0.25, 0.3) is 5.91 Å². The average molecular weight is 300 g/mol. The summed E-state index contributed by atoms with van der Waals surface area (Å²) in [5.41, 5.74) is 5.60. The first kappa shape index (κ1) is 13.7. The van der Waals surface area contributed by atoms with E-state index in [9.17, 15) is 4.79 Å². The van der Waals surface area contributed by atoms with Crippen LogP contribution in [0.15, 0.2) is 30.5 Å². The molecule has 2 rings (SSSR count). The Morgan fingerprint density at radius 3 is 2.74 bits per heavy atom. The number of halogens is 2. The van der Waals surface area contributed by atoms with Gasteiger partial charge in [0.2, 0.25) is 0 Å². The van der Waals surface area contributed by atoms with E-state index in [0.29, 0.717) is 15.8 Å². The summed E-state index contributed by atoms with van der Waals surface area (Å²) in [7, 11) is 0. The van der Waals surface area contributed by atoms with Crippen molar-refractivity contribution < 1.29 is 9.53 Å². The maximum atomic E-state index is 12.0. The Bertz CT molecular complexity index is 613. The van der Waals surface area contributed by atoms with Crippen LogP contribution in [-0.4, -0.2) is 21.8 Å². The van der Waals surface area contributed by atoms with Crippen LogP contribution in [0.4, 0.5) is 5.82 Å². The van der Waals surface area contributed by atoms with Crippen molar-refractivity contribution in [3.05, 3.63) is 40.5 Å². The molecule has 0 radical (unpaired) electrons. The standard InChI is InChI=1S/C12H11Cl2N3O2/c1-7(12(18)17-11(15)4-5-16-17)19-10-3-2-8(13)6-9(10)14/h2-7H,15H2,1H3. The Hall–Kier alpha value is -1.72. The smallest absolute Gasteiger partial charge is 0.289 e. The molecule has 0 fully saturated rings. The molecule has 1 unspecified atom stereocenters. The molecule has 1 aromatic heterocycles. The predicted molar refractivity (Wildman–Crippen MR) is 73.8 cm³/mol. The number of nitrogens with two attached hydrogens (primary N) is 1. The zero-order chi connectivity index (χ0) is 14.0. The van der Waals surface area contributed by atoms with Crippen LogP contribution in [0.1, 0.15) is 11.7 Å². The zero-order valence-corrected chi connectivity index (χ0v) is 11.5. The molecule has 0 aliphatic heterocycles. The molecule has 0 aliphatic rings. The molecule has 7 heteroatoms. The number of carbonyl (C=O) groups excluding carboxylic acids is 1. The number of carbonyl (C=O) groups is 1. The van der Waals surface area contributed by atoms with E-state index in [0.717, 1.165) is 4.68 Å². The molecule has 0 amide bonds. The molecule has 1 atom stereocenters. The first-order valence-corrected chi connectivity index (χ1v) is 6.20. The zero-order valence-electron chi connectivity index (χ0n) is 10.0. The van der Waals surface area contributed by atoms with Gasteiger partial charge < -0.3 is 10.5 Å². The Balaban J connectivity index is 2.15. The van der Waals surface area contributed by atoms with E-state index in [-0.39, 0.29) is 11.7 Å². The maximum Gasteiger partial charge on any atom is 0.289 e. The minimum atomic E-state index is -0.777. The molecule has 2 N–H and O–H groups in total. The number of nitrogen functional groups attached to an aromatic ring is 1. The third-order valence-electron chi connectivity index (χ3n) is 2.43. The fourth-order valence-corrected chi connectivity index (χ4v) is 1.93. The molecular formula is C12H11Cl2N3O2. The van der Waals surface area contributed by atoms with Gasteiger partial charge in [0, 0.05) is 11.1 Å². The van der Waals surface area contributed by atoms with Crippen LogP contribution in [-0.2, 0) is 0 Å². The first-order valence-electron chi connectivity index (χ1n) is 5.44. The molecule has 2 aromatic rings. The molecule has 0 saturated carbocycles. The van der Waals surface area contributed by atoms with E-state index in [1.54, 1.807) is 19.1 Å². The lowest BCUT2D eigenvalue weighted by Gasteiger charge is -2.15. The van der Waals surface area contributed by atoms with E-state index in [4.69, 9.17) is 33.7 Å². The number of hydrogen-bond acceptors (Lipinski definition) is 4. The lowest BCUT2D eigenvalue weighted by molar-refractivity contribution is 0.0714. The van der Waals surface area contributed by atoms with Gasteiger partial charge >= 0.3 is 0 Å². The summed E-state index contributed by atoms with van der Waals surface area (Å²) in [6.07, 6.45) is 0.663. The van der Waals surface area contributed by atoms with E-state index in [1.807, 2.05) is 0 Å². The van der Waals surface area contributed by atoms with Crippen molar-refractivity contribution >= 4 is 34.9 Å². The van der Waals surface area contributed by atoms with Gasteiger partial charge in [-0.15, -0.1) is 0 Å². The third kappa shape index (κ3) is 3.00. The first-order chi connectivity index (χ1) is 8.99. The Kier molecular flexibility index (Phi) is 3.97. The number of ether oxygens (including phenoxy) is 1. The van der Waals surface area contributed by atoms with Gasteiger partial charge in [0.15, 0.2) is 6.10 Å². The molecule has 1 aromatic carbocycles. The van der Waals surface area contributed by atoms with Gasteiger partial charge in [0.05, 0.1) is 11.2 Å². The lowest BCUT2D eigenvalue weighted by atomic mass is 10.3. The fourth-order valence-electron chi connectivity index (χ4n) is 1.48. The van der Waals surface area contributed by atoms with Crippen molar-refractivity contribution in [2.45, 2.75) is 13.0 Å². The highest BCUT2D eigenvalue weighted by Gasteiger charge is 2.20. The minimum Gasteiger partial charge on any atom is -0.479 e. The van der Waals surface area contributed by atoms with E-state index >= 15 is 0 Å². The Labute approximate surface area is 119 Å². The van der Waals surface area contributed by atoms with Crippen LogP contribution in [0.2, 0.25) is 10.0 Å². The average Bonchev–Trinajstić information content (AvgIpc) is 2.78. The summed E-state index contributed by atoms with van der Waals surface area (Å²) in [5.74, 6) is 0.244. The molecule has 1 heterocycles. The van der Waals surface area contributed by atoms with E-state index in [1.165, 1.54) is 18.3 Å². The normalized spacial score (nSPS) is 12.2. The van der Waals surface area contributed by atoms with E-state index in [2.05, 4.69) is 5.10 Å². The SMILES string of the molecule is CC(Oc1ccc(Cl)cc1Cl)C(=O)n1nccc1N. The van der Waals surface area contributed by atoms with Crippen LogP contribution in [0.5, 0.6) is 5.75 Å². The quantitative estimate of drug-likeness (QED) is 0.946. The minimum absolute atomic E-state index is 0.252. The van der Waals surface area contributed by atoms with Crippen LogP contribution >= 0.6 is 23.2 Å². The monoisotopic (exact) mass is 299 g/mol.